The molecule has 0 fully saturated rings. The van der Waals surface area contributed by atoms with Gasteiger partial charge in [0.2, 0.25) is 6.41 Å². The zero-order chi connectivity index (χ0) is 9.97. The van der Waals surface area contributed by atoms with Gasteiger partial charge in [-0.25, -0.2) is 0 Å². The fourth-order valence-electron chi connectivity index (χ4n) is 1.27. The summed E-state index contributed by atoms with van der Waals surface area (Å²) in [6.07, 6.45) is 1.98. The van der Waals surface area contributed by atoms with Crippen LogP contribution in [0, 0.1) is 0 Å². The summed E-state index contributed by atoms with van der Waals surface area (Å²) >= 11 is 0. The van der Waals surface area contributed by atoms with E-state index in [2.05, 4.69) is 10.3 Å². The van der Waals surface area contributed by atoms with Crippen molar-refractivity contribution in [3.63, 3.8) is 0 Å². The van der Waals surface area contributed by atoms with Crippen LogP contribution < -0.4 is 5.32 Å². The van der Waals surface area contributed by atoms with Gasteiger partial charge in [-0.2, -0.15) is 0 Å². The molecule has 0 saturated carbocycles. The van der Waals surface area contributed by atoms with Gasteiger partial charge in [-0.1, -0.05) is 6.07 Å². The number of anilines is 1. The van der Waals surface area contributed by atoms with E-state index >= 15 is 0 Å². The lowest BCUT2D eigenvalue weighted by Gasteiger charge is -2.01. The van der Waals surface area contributed by atoms with E-state index in [0.29, 0.717) is 12.1 Å². The van der Waals surface area contributed by atoms with E-state index in [9.17, 15) is 4.79 Å². The van der Waals surface area contributed by atoms with Crippen LogP contribution in [0.25, 0.3) is 10.9 Å². The molecule has 0 spiro atoms. The molecule has 1 aromatic carbocycles. The lowest BCUT2D eigenvalue weighted by molar-refractivity contribution is -0.105. The molecule has 0 unspecified atom stereocenters. The molecule has 1 aromatic heterocycles. The first-order valence-electron chi connectivity index (χ1n) is 4.08. The second-order valence-electron chi connectivity index (χ2n) is 2.86. The Balaban J connectivity index is 2.55. The van der Waals surface area contributed by atoms with E-state index in [1.807, 2.05) is 0 Å². The predicted octanol–water partition coefficient (Wildman–Crippen LogP) is 1.51. The molecule has 4 heteroatoms. The summed E-state index contributed by atoms with van der Waals surface area (Å²) in [7, 11) is 0. The fourth-order valence-corrected chi connectivity index (χ4v) is 1.27. The van der Waals surface area contributed by atoms with Gasteiger partial charge in [0.05, 0.1) is 11.7 Å². The molecule has 0 aliphatic heterocycles. The molecule has 0 aliphatic rings. The van der Waals surface area contributed by atoms with Crippen molar-refractivity contribution in [3.8, 4) is 5.75 Å². The number of fused-ring (bicyclic) bond motifs is 1. The summed E-state index contributed by atoms with van der Waals surface area (Å²) < 4.78 is 0. The Morgan fingerprint density at radius 2 is 2.21 bits per heavy atom. The normalized spacial score (nSPS) is 10.0. The summed E-state index contributed by atoms with van der Waals surface area (Å²) in [6, 6.07) is 6.89. The topological polar surface area (TPSA) is 62.2 Å². The third-order valence-electron chi connectivity index (χ3n) is 1.90. The maximum atomic E-state index is 10.2. The monoisotopic (exact) mass is 188 g/mol. The van der Waals surface area contributed by atoms with Crippen molar-refractivity contribution in [1.29, 1.82) is 0 Å². The van der Waals surface area contributed by atoms with E-state index < -0.39 is 0 Å². The molecule has 0 saturated heterocycles. The smallest absolute Gasteiger partial charge is 0.211 e. The van der Waals surface area contributed by atoms with E-state index in [1.165, 1.54) is 6.20 Å². The van der Waals surface area contributed by atoms with Crippen molar-refractivity contribution in [2.45, 2.75) is 0 Å². The number of amides is 1. The first-order chi connectivity index (χ1) is 6.79. The van der Waals surface area contributed by atoms with Gasteiger partial charge in [-0.15, -0.1) is 0 Å². The molecule has 0 atom stereocenters. The lowest BCUT2D eigenvalue weighted by atomic mass is 10.2. The SMILES string of the molecule is O=CNc1ccc2cc(O)cnc2c1. The average molecular weight is 188 g/mol. The molecule has 70 valence electrons. The van der Waals surface area contributed by atoms with Gasteiger partial charge in [-0.3, -0.25) is 9.78 Å². The third kappa shape index (κ3) is 1.50. The average Bonchev–Trinajstić information content (AvgIpc) is 2.19. The Bertz CT molecular complexity index is 483. The molecule has 0 bridgehead atoms. The van der Waals surface area contributed by atoms with Crippen LogP contribution >= 0.6 is 0 Å². The van der Waals surface area contributed by atoms with Crippen LogP contribution in [0.4, 0.5) is 5.69 Å². The maximum absolute atomic E-state index is 10.2. The maximum Gasteiger partial charge on any atom is 0.211 e. The molecular weight excluding hydrogens is 180 g/mol. The van der Waals surface area contributed by atoms with Gasteiger partial charge in [0.15, 0.2) is 0 Å². The molecule has 2 aromatic rings. The predicted molar refractivity (Wildman–Crippen MR) is 53.1 cm³/mol. The van der Waals surface area contributed by atoms with Gasteiger partial charge in [0.25, 0.3) is 0 Å². The van der Waals surface area contributed by atoms with E-state index in [-0.39, 0.29) is 5.75 Å². The van der Waals surface area contributed by atoms with E-state index in [1.54, 1.807) is 24.3 Å². The van der Waals surface area contributed by atoms with Crippen LogP contribution in [0.1, 0.15) is 0 Å². The Morgan fingerprint density at radius 1 is 1.36 bits per heavy atom. The van der Waals surface area contributed by atoms with Gasteiger partial charge in [-0.05, 0) is 18.2 Å². The minimum absolute atomic E-state index is 0.133. The summed E-state index contributed by atoms with van der Waals surface area (Å²) in [5.41, 5.74) is 1.42. The Hall–Kier alpha value is -2.10. The molecule has 0 radical (unpaired) electrons. The van der Waals surface area contributed by atoms with Crippen LogP contribution in [0.2, 0.25) is 0 Å². The molecular formula is C10H8N2O2. The number of aromatic nitrogens is 1. The largest absolute Gasteiger partial charge is 0.506 e. The van der Waals surface area contributed by atoms with Crippen molar-refractivity contribution in [1.82, 2.24) is 4.98 Å². The van der Waals surface area contributed by atoms with Gasteiger partial charge < -0.3 is 10.4 Å². The standard InChI is InChI=1S/C10H8N2O2/c13-6-12-8-2-1-7-3-9(14)5-11-10(7)4-8/h1-6,14H,(H,12,13). The Labute approximate surface area is 80.2 Å². The molecule has 2 N–H and O–H groups in total. The number of pyridine rings is 1. The van der Waals surface area contributed by atoms with Crippen molar-refractivity contribution in [2.24, 2.45) is 0 Å². The fraction of sp³-hybridized carbons (Fsp3) is 0. The zero-order valence-corrected chi connectivity index (χ0v) is 7.27. The zero-order valence-electron chi connectivity index (χ0n) is 7.27. The summed E-state index contributed by atoms with van der Waals surface area (Å²) in [6.45, 7) is 0. The Morgan fingerprint density at radius 3 is 3.00 bits per heavy atom. The number of carbonyl (C=O) groups excluding carboxylic acids is 1. The number of hydrogen-bond acceptors (Lipinski definition) is 3. The Kier molecular flexibility index (Phi) is 2.02. The van der Waals surface area contributed by atoms with Gasteiger partial charge >= 0.3 is 0 Å². The van der Waals surface area contributed by atoms with Crippen LogP contribution in [0.15, 0.2) is 30.5 Å². The summed E-state index contributed by atoms with van der Waals surface area (Å²) in [5, 5.41) is 12.5. The number of benzene rings is 1. The first-order valence-corrected chi connectivity index (χ1v) is 4.08. The summed E-state index contributed by atoms with van der Waals surface area (Å²) in [4.78, 5) is 14.2. The van der Waals surface area contributed by atoms with Gasteiger partial charge in [0.1, 0.15) is 5.75 Å². The number of nitrogens with zero attached hydrogens (tertiary/aromatic N) is 1. The molecule has 4 nitrogen and oxygen atoms in total. The number of aromatic hydroxyl groups is 1. The number of nitrogens with one attached hydrogen (secondary N) is 1. The number of hydrogen-bond donors (Lipinski definition) is 2. The van der Waals surface area contributed by atoms with Crippen LogP contribution in [0.5, 0.6) is 5.75 Å². The summed E-state index contributed by atoms with van der Waals surface area (Å²) in [5.74, 6) is 0.133. The minimum atomic E-state index is 0.133. The molecule has 0 aliphatic carbocycles. The highest BCUT2D eigenvalue weighted by Gasteiger charge is 1.97. The lowest BCUT2D eigenvalue weighted by Crippen LogP contribution is -1.93. The van der Waals surface area contributed by atoms with E-state index in [4.69, 9.17) is 5.11 Å². The van der Waals surface area contributed by atoms with Crippen molar-refractivity contribution < 1.29 is 9.90 Å². The highest BCUT2D eigenvalue weighted by molar-refractivity contribution is 5.85. The van der Waals surface area contributed by atoms with Crippen molar-refractivity contribution in [2.75, 3.05) is 5.32 Å². The molecule has 1 amide bonds. The molecule has 1 heterocycles. The minimum Gasteiger partial charge on any atom is -0.506 e. The van der Waals surface area contributed by atoms with Crippen LogP contribution in [0.3, 0.4) is 0 Å². The third-order valence-corrected chi connectivity index (χ3v) is 1.90. The first kappa shape index (κ1) is 8.50. The van der Waals surface area contributed by atoms with Crippen LogP contribution in [-0.2, 0) is 4.79 Å². The van der Waals surface area contributed by atoms with Crippen molar-refractivity contribution >= 4 is 23.0 Å². The van der Waals surface area contributed by atoms with Gasteiger partial charge in [0, 0.05) is 11.1 Å². The second-order valence-corrected chi connectivity index (χ2v) is 2.86. The number of carbonyl (C=O) groups is 1. The van der Waals surface area contributed by atoms with Crippen LogP contribution in [-0.4, -0.2) is 16.5 Å². The highest BCUT2D eigenvalue weighted by Crippen LogP contribution is 2.20. The molecule has 2 rings (SSSR count). The quantitative estimate of drug-likeness (QED) is 0.702. The molecule has 14 heavy (non-hydrogen) atoms. The second kappa shape index (κ2) is 3.33. The van der Waals surface area contributed by atoms with Crippen molar-refractivity contribution in [3.05, 3.63) is 30.5 Å². The van der Waals surface area contributed by atoms with E-state index in [0.717, 1.165) is 10.9 Å². The highest BCUT2D eigenvalue weighted by atomic mass is 16.3. The number of rotatable bonds is 2.